The number of hydrogen-bond donors (Lipinski definition) is 0. The van der Waals surface area contributed by atoms with Gasteiger partial charge in [0.15, 0.2) is 22.6 Å². The van der Waals surface area contributed by atoms with Crippen LogP contribution < -0.4 is 0 Å². The zero-order valence-electron chi connectivity index (χ0n) is 20.4. The maximum atomic E-state index is 12.7. The standard InChI is InChI=1S/C24H26N4O5S/c1-21(2)22(3,4)26(30)18(25(21)29)11-9-16-15-13-14-34-20(15)17(33-16)10-12-19-27(31)23(5,6)24(7,8)28(19)32/h13-14H,1-8H3. The summed E-state index contributed by atoms with van der Waals surface area (Å²) in [6.07, 6.45) is 0. The lowest BCUT2D eigenvalue weighted by atomic mass is 9.84. The first-order valence-corrected chi connectivity index (χ1v) is 11.6. The van der Waals surface area contributed by atoms with Crippen LogP contribution in [0, 0.1) is 34.1 Å². The van der Waals surface area contributed by atoms with Gasteiger partial charge in [-0.2, -0.15) is 0 Å². The first kappa shape index (κ1) is 24.0. The lowest BCUT2D eigenvalue weighted by molar-refractivity contribution is -0.539. The molecule has 0 aromatic carbocycles. The smallest absolute Gasteiger partial charge is 0.363 e. The highest BCUT2D eigenvalue weighted by molar-refractivity contribution is 7.17. The van der Waals surface area contributed by atoms with Crippen molar-refractivity contribution in [2.24, 2.45) is 0 Å². The molecule has 178 valence electrons. The number of furan rings is 1. The van der Waals surface area contributed by atoms with Crippen LogP contribution in [0.5, 0.6) is 0 Å². The van der Waals surface area contributed by atoms with Gasteiger partial charge in [-0.3, -0.25) is 0 Å². The molecule has 2 aromatic rings. The molecule has 4 rings (SSSR count). The van der Waals surface area contributed by atoms with Gasteiger partial charge in [0.25, 0.3) is 0 Å². The van der Waals surface area contributed by atoms with Crippen LogP contribution in [0.2, 0.25) is 0 Å². The van der Waals surface area contributed by atoms with Gasteiger partial charge in [0, 0.05) is 27.6 Å². The van der Waals surface area contributed by atoms with Crippen LogP contribution in [-0.4, -0.2) is 53.4 Å². The van der Waals surface area contributed by atoms with Crippen molar-refractivity contribution in [3.63, 3.8) is 0 Å². The molecule has 0 fully saturated rings. The zero-order valence-corrected chi connectivity index (χ0v) is 21.2. The topological polar surface area (TPSA) is 112 Å². The lowest BCUT2D eigenvalue weighted by Crippen LogP contribution is -2.53. The fourth-order valence-corrected chi connectivity index (χ4v) is 4.52. The number of nitrogens with zero attached hydrogens (tertiary/aromatic N) is 4. The first-order valence-electron chi connectivity index (χ1n) is 10.7. The second kappa shape index (κ2) is 7.16. The van der Waals surface area contributed by atoms with Crippen LogP contribution in [0.4, 0.5) is 0 Å². The molecule has 0 aliphatic carbocycles. The number of thiophene rings is 1. The minimum atomic E-state index is -0.968. The highest BCUT2D eigenvalue weighted by Gasteiger charge is 2.60. The third-order valence-electron chi connectivity index (χ3n) is 7.69. The molecule has 0 spiro atoms. The summed E-state index contributed by atoms with van der Waals surface area (Å²) in [6, 6.07) is 1.80. The fraction of sp³-hybridized carbons (Fsp3) is 0.500. The Labute approximate surface area is 202 Å². The molecule has 2 aromatic heterocycles. The normalized spacial score (nSPS) is 22.2. The van der Waals surface area contributed by atoms with E-state index in [-0.39, 0.29) is 23.2 Å². The van der Waals surface area contributed by atoms with Gasteiger partial charge in [0.2, 0.25) is 0 Å². The largest absolute Gasteiger partial charge is 0.714 e. The molecule has 4 heterocycles. The average Bonchev–Trinajstić information content (AvgIpc) is 3.41. The van der Waals surface area contributed by atoms with Gasteiger partial charge in [0.1, 0.15) is 11.1 Å². The molecule has 0 N–H and O–H groups in total. The second-order valence-corrected chi connectivity index (χ2v) is 11.4. The van der Waals surface area contributed by atoms with Gasteiger partial charge in [-0.25, -0.2) is 9.48 Å². The van der Waals surface area contributed by atoms with Crippen molar-refractivity contribution in [1.82, 2.24) is 10.1 Å². The molecule has 10 heteroatoms. The Balaban J connectivity index is 1.75. The molecule has 2 aliphatic rings. The van der Waals surface area contributed by atoms with E-state index < -0.39 is 22.2 Å². The second-order valence-electron chi connectivity index (χ2n) is 10.5. The van der Waals surface area contributed by atoms with Crippen LogP contribution in [0.15, 0.2) is 15.9 Å². The molecule has 2 radical (unpaired) electrons. The fourth-order valence-electron chi connectivity index (χ4n) is 3.69. The van der Waals surface area contributed by atoms with E-state index in [1.165, 1.54) is 11.3 Å². The van der Waals surface area contributed by atoms with Crippen LogP contribution in [0.3, 0.4) is 0 Å². The molecule has 0 unspecified atom stereocenters. The molecule has 2 aliphatic heterocycles. The van der Waals surface area contributed by atoms with E-state index in [1.54, 1.807) is 61.5 Å². The Kier molecular flexibility index (Phi) is 5.05. The Morgan fingerprint density at radius 3 is 1.65 bits per heavy atom. The van der Waals surface area contributed by atoms with Crippen molar-refractivity contribution < 1.29 is 24.3 Å². The Hall–Kier alpha value is -3.18. The molecule has 0 atom stereocenters. The van der Waals surface area contributed by atoms with Crippen molar-refractivity contribution in [2.75, 3.05) is 0 Å². The Morgan fingerprint density at radius 1 is 0.794 bits per heavy atom. The van der Waals surface area contributed by atoms with Crippen LogP contribution in [0.25, 0.3) is 10.1 Å². The first-order chi connectivity index (χ1) is 15.6. The van der Waals surface area contributed by atoms with E-state index in [9.17, 15) is 20.8 Å². The van der Waals surface area contributed by atoms with Gasteiger partial charge < -0.3 is 14.8 Å². The van der Waals surface area contributed by atoms with E-state index >= 15 is 0 Å². The van der Waals surface area contributed by atoms with Gasteiger partial charge in [-0.05, 0) is 78.7 Å². The Morgan fingerprint density at radius 2 is 1.24 bits per heavy atom. The summed E-state index contributed by atoms with van der Waals surface area (Å²) in [6.45, 7) is 13.6. The minimum absolute atomic E-state index is 0.196. The summed E-state index contributed by atoms with van der Waals surface area (Å²) in [7, 11) is 0. The monoisotopic (exact) mass is 482 g/mol. The van der Waals surface area contributed by atoms with Crippen molar-refractivity contribution in [3.05, 3.63) is 33.4 Å². The van der Waals surface area contributed by atoms with E-state index in [1.807, 2.05) is 5.38 Å². The molecular formula is C24H26N4O5S. The van der Waals surface area contributed by atoms with E-state index in [0.717, 1.165) is 0 Å². The van der Waals surface area contributed by atoms with Gasteiger partial charge in [0.05, 0.1) is 4.70 Å². The summed E-state index contributed by atoms with van der Waals surface area (Å²) in [5.74, 6) is 11.0. The molecule has 0 amide bonds. The van der Waals surface area contributed by atoms with Crippen molar-refractivity contribution in [1.29, 1.82) is 0 Å². The minimum Gasteiger partial charge on any atom is -0.714 e. The van der Waals surface area contributed by atoms with E-state index in [2.05, 4.69) is 23.7 Å². The number of amidine groups is 2. The van der Waals surface area contributed by atoms with Crippen LogP contribution >= 0.6 is 11.3 Å². The van der Waals surface area contributed by atoms with Crippen LogP contribution in [0.1, 0.15) is 66.9 Å². The van der Waals surface area contributed by atoms with Gasteiger partial charge in [-0.1, -0.05) is 10.1 Å². The van der Waals surface area contributed by atoms with E-state index in [0.29, 0.717) is 29.7 Å². The number of hydrogen-bond acceptors (Lipinski definition) is 6. The number of fused-ring (bicyclic) bond motifs is 1. The molecule has 34 heavy (non-hydrogen) atoms. The van der Waals surface area contributed by atoms with Crippen molar-refractivity contribution in [2.45, 2.75) is 77.5 Å². The number of rotatable bonds is 0. The third kappa shape index (κ3) is 2.96. The summed E-state index contributed by atoms with van der Waals surface area (Å²) in [4.78, 5) is 0. The summed E-state index contributed by atoms with van der Waals surface area (Å²) in [5, 5.41) is 54.7. The molecule has 0 saturated heterocycles. The maximum Gasteiger partial charge on any atom is 0.363 e. The molecular weight excluding hydrogens is 456 g/mol. The van der Waals surface area contributed by atoms with Crippen molar-refractivity contribution >= 4 is 33.1 Å². The average molecular weight is 483 g/mol. The molecule has 0 bridgehead atoms. The predicted molar refractivity (Wildman–Crippen MR) is 126 cm³/mol. The number of hydroxylamine groups is 6. The predicted octanol–water partition coefficient (Wildman–Crippen LogP) is 3.45. The quantitative estimate of drug-likeness (QED) is 0.324. The molecule has 0 saturated carbocycles. The maximum absolute atomic E-state index is 12.7. The third-order valence-corrected chi connectivity index (χ3v) is 8.60. The lowest BCUT2D eigenvalue weighted by Gasteiger charge is -2.32. The Bertz CT molecular complexity index is 1280. The zero-order chi connectivity index (χ0) is 25.4. The van der Waals surface area contributed by atoms with Gasteiger partial charge >= 0.3 is 11.7 Å². The van der Waals surface area contributed by atoms with Crippen molar-refractivity contribution in [3.8, 4) is 23.7 Å². The van der Waals surface area contributed by atoms with E-state index in [4.69, 9.17) is 4.42 Å². The van der Waals surface area contributed by atoms with Crippen LogP contribution in [-0.2, 0) is 10.4 Å². The summed E-state index contributed by atoms with van der Waals surface area (Å²) < 4.78 is 7.79. The van der Waals surface area contributed by atoms with Gasteiger partial charge in [-0.15, -0.1) is 11.3 Å². The summed E-state index contributed by atoms with van der Waals surface area (Å²) in [5.41, 5.74) is -3.87. The highest BCUT2D eigenvalue weighted by Crippen LogP contribution is 2.37. The molecule has 9 nitrogen and oxygen atoms in total. The highest BCUT2D eigenvalue weighted by atomic mass is 32.1. The SMILES string of the molecule is CC1(C)N([O])C(C#Cc2oc(C#CC3=[N+]([O-])C(C)(C)C(C)(C)N3[O])c3sccc23)=[N+]([O-])C1(C)C. The summed E-state index contributed by atoms with van der Waals surface area (Å²) >= 11 is 1.37.